The Labute approximate surface area is 134 Å². The van der Waals surface area contributed by atoms with Crippen LogP contribution in [0.4, 0.5) is 4.39 Å². The minimum Gasteiger partial charge on any atom is -0.379 e. The number of nitrogens with one attached hydrogen (secondary N) is 1. The van der Waals surface area contributed by atoms with E-state index in [4.69, 9.17) is 4.74 Å². The van der Waals surface area contributed by atoms with Gasteiger partial charge in [0.1, 0.15) is 11.5 Å². The summed E-state index contributed by atoms with van der Waals surface area (Å²) in [5.74, 6) is 0.0399. The summed E-state index contributed by atoms with van der Waals surface area (Å²) in [6.07, 6.45) is 4.69. The molecule has 5 nitrogen and oxygen atoms in total. The van der Waals surface area contributed by atoms with E-state index in [0.717, 1.165) is 18.4 Å². The predicted molar refractivity (Wildman–Crippen MR) is 83.5 cm³/mol. The van der Waals surface area contributed by atoms with Gasteiger partial charge in [-0.2, -0.15) is 0 Å². The molecule has 1 fully saturated rings. The fraction of sp³-hybridized carbons (Fsp3) is 0.412. The molecule has 1 N–H and O–H groups in total. The van der Waals surface area contributed by atoms with Crippen LogP contribution in [0.1, 0.15) is 22.5 Å². The van der Waals surface area contributed by atoms with Gasteiger partial charge in [-0.1, -0.05) is 12.1 Å². The Kier molecular flexibility index (Phi) is 4.71. The molecule has 1 aromatic carbocycles. The van der Waals surface area contributed by atoms with E-state index in [9.17, 15) is 9.18 Å². The molecule has 1 aliphatic heterocycles. The van der Waals surface area contributed by atoms with Crippen molar-refractivity contribution in [3.05, 3.63) is 53.9 Å². The molecular formula is C17H20FN3O2. The lowest BCUT2D eigenvalue weighted by Crippen LogP contribution is -2.48. The first-order chi connectivity index (χ1) is 11.2. The van der Waals surface area contributed by atoms with Gasteiger partial charge >= 0.3 is 0 Å². The largest absolute Gasteiger partial charge is 0.379 e. The van der Waals surface area contributed by atoms with E-state index in [1.807, 2.05) is 12.1 Å². The highest BCUT2D eigenvalue weighted by Crippen LogP contribution is 2.25. The number of imidazole rings is 1. The molecule has 0 spiro atoms. The van der Waals surface area contributed by atoms with Gasteiger partial charge < -0.3 is 14.6 Å². The third kappa shape index (κ3) is 3.59. The van der Waals surface area contributed by atoms with Crippen LogP contribution < -0.4 is 0 Å². The molecule has 1 amide bonds. The van der Waals surface area contributed by atoms with Crippen molar-refractivity contribution in [2.45, 2.75) is 18.9 Å². The molecule has 1 aliphatic rings. The molecule has 2 aromatic rings. The first-order valence-corrected chi connectivity index (χ1v) is 7.72. The highest BCUT2D eigenvalue weighted by Gasteiger charge is 2.32. The number of ether oxygens (including phenoxy) is 1. The molecule has 2 atom stereocenters. The zero-order valence-electron chi connectivity index (χ0n) is 13.0. The number of aromatic nitrogens is 2. The van der Waals surface area contributed by atoms with Crippen molar-refractivity contribution in [2.75, 3.05) is 20.2 Å². The van der Waals surface area contributed by atoms with E-state index in [1.54, 1.807) is 12.0 Å². The number of H-pyrrole nitrogens is 1. The lowest BCUT2D eigenvalue weighted by Gasteiger charge is -2.37. The molecule has 0 radical (unpaired) electrons. The number of benzene rings is 1. The van der Waals surface area contributed by atoms with Gasteiger partial charge in [-0.3, -0.25) is 4.79 Å². The van der Waals surface area contributed by atoms with Gasteiger partial charge in [0.25, 0.3) is 5.91 Å². The predicted octanol–water partition coefficient (Wildman–Crippen LogP) is 2.27. The summed E-state index contributed by atoms with van der Waals surface area (Å²) in [7, 11) is 1.67. The Hall–Kier alpha value is -2.21. The summed E-state index contributed by atoms with van der Waals surface area (Å²) >= 11 is 0. The molecule has 2 heterocycles. The number of methoxy groups -OCH3 is 1. The van der Waals surface area contributed by atoms with Crippen LogP contribution in [0.25, 0.3) is 0 Å². The number of aromatic amines is 1. The first kappa shape index (κ1) is 15.7. The average Bonchev–Trinajstić information content (AvgIpc) is 3.11. The van der Waals surface area contributed by atoms with Crippen molar-refractivity contribution < 1.29 is 13.9 Å². The second-order valence-corrected chi connectivity index (χ2v) is 5.87. The van der Waals surface area contributed by atoms with E-state index in [2.05, 4.69) is 9.97 Å². The fourth-order valence-electron chi connectivity index (χ4n) is 3.12. The van der Waals surface area contributed by atoms with Gasteiger partial charge in [0.2, 0.25) is 0 Å². The Morgan fingerprint density at radius 1 is 1.43 bits per heavy atom. The lowest BCUT2D eigenvalue weighted by molar-refractivity contribution is -0.00714. The second-order valence-electron chi connectivity index (χ2n) is 5.87. The number of amides is 1. The molecule has 6 heteroatoms. The molecule has 122 valence electrons. The Morgan fingerprint density at radius 3 is 2.87 bits per heavy atom. The zero-order chi connectivity index (χ0) is 16.2. The maximum Gasteiger partial charge on any atom is 0.272 e. The van der Waals surface area contributed by atoms with Crippen LogP contribution in [0.5, 0.6) is 0 Å². The molecule has 1 saturated heterocycles. The van der Waals surface area contributed by atoms with Gasteiger partial charge in [-0.05, 0) is 36.5 Å². The van der Waals surface area contributed by atoms with Gasteiger partial charge in [-0.25, -0.2) is 9.37 Å². The SMILES string of the molecule is CO[C@H]1CN(C(=O)c2cnc[nH]2)CC[C@@H]1Cc1ccc(F)cc1. The van der Waals surface area contributed by atoms with E-state index in [-0.39, 0.29) is 17.8 Å². The molecule has 0 unspecified atom stereocenters. The number of hydrogen-bond acceptors (Lipinski definition) is 3. The van der Waals surface area contributed by atoms with Gasteiger partial charge in [-0.15, -0.1) is 0 Å². The van der Waals surface area contributed by atoms with Crippen LogP contribution >= 0.6 is 0 Å². The monoisotopic (exact) mass is 317 g/mol. The van der Waals surface area contributed by atoms with Gasteiger partial charge in [0.05, 0.1) is 18.6 Å². The van der Waals surface area contributed by atoms with Crippen LogP contribution in [0.3, 0.4) is 0 Å². The highest BCUT2D eigenvalue weighted by atomic mass is 19.1. The van der Waals surface area contributed by atoms with E-state index >= 15 is 0 Å². The van der Waals surface area contributed by atoms with Crippen molar-refractivity contribution >= 4 is 5.91 Å². The summed E-state index contributed by atoms with van der Waals surface area (Å²) in [5, 5.41) is 0. The quantitative estimate of drug-likeness (QED) is 0.941. The normalized spacial score (nSPS) is 21.4. The number of carbonyl (C=O) groups is 1. The number of halogens is 1. The topological polar surface area (TPSA) is 58.2 Å². The molecular weight excluding hydrogens is 297 g/mol. The highest BCUT2D eigenvalue weighted by molar-refractivity contribution is 5.92. The van der Waals surface area contributed by atoms with Crippen molar-refractivity contribution in [1.29, 1.82) is 0 Å². The minimum absolute atomic E-state index is 0.0272. The van der Waals surface area contributed by atoms with Crippen molar-refractivity contribution in [2.24, 2.45) is 5.92 Å². The summed E-state index contributed by atoms with van der Waals surface area (Å²) in [6.45, 7) is 1.24. The van der Waals surface area contributed by atoms with Crippen LogP contribution in [0, 0.1) is 11.7 Å². The van der Waals surface area contributed by atoms with Crippen LogP contribution in [0.2, 0.25) is 0 Å². The van der Waals surface area contributed by atoms with Crippen LogP contribution in [-0.4, -0.2) is 47.1 Å². The third-order valence-corrected chi connectivity index (χ3v) is 4.43. The molecule has 0 aliphatic carbocycles. The number of rotatable bonds is 4. The number of piperidine rings is 1. The Bertz CT molecular complexity index is 642. The Morgan fingerprint density at radius 2 is 2.22 bits per heavy atom. The minimum atomic E-state index is -0.225. The molecule has 23 heavy (non-hydrogen) atoms. The standard InChI is InChI=1S/C17H20FN3O2/c1-23-16-10-21(17(22)15-9-19-11-20-15)7-6-13(16)8-12-2-4-14(18)5-3-12/h2-5,9,11,13,16H,6-8,10H2,1H3,(H,19,20)/t13-,16+/m1/s1. The molecule has 3 rings (SSSR count). The lowest BCUT2D eigenvalue weighted by atomic mass is 9.87. The number of nitrogens with zero attached hydrogens (tertiary/aromatic N) is 2. The number of likely N-dealkylation sites (tertiary alicyclic amines) is 1. The summed E-state index contributed by atoms with van der Waals surface area (Å²) < 4.78 is 18.6. The maximum absolute atomic E-state index is 13.0. The van der Waals surface area contributed by atoms with Gasteiger partial charge in [0, 0.05) is 20.2 Å². The first-order valence-electron chi connectivity index (χ1n) is 7.72. The summed E-state index contributed by atoms with van der Waals surface area (Å²) in [4.78, 5) is 20.9. The maximum atomic E-state index is 13.0. The van der Waals surface area contributed by atoms with Crippen molar-refractivity contribution in [3.63, 3.8) is 0 Å². The van der Waals surface area contributed by atoms with Crippen LogP contribution in [-0.2, 0) is 11.2 Å². The molecule has 0 saturated carbocycles. The number of carbonyl (C=O) groups excluding carboxylic acids is 1. The smallest absolute Gasteiger partial charge is 0.272 e. The van der Waals surface area contributed by atoms with Crippen molar-refractivity contribution in [3.8, 4) is 0 Å². The average molecular weight is 317 g/mol. The van der Waals surface area contributed by atoms with Crippen molar-refractivity contribution in [1.82, 2.24) is 14.9 Å². The third-order valence-electron chi connectivity index (χ3n) is 4.43. The second kappa shape index (κ2) is 6.91. The fourth-order valence-corrected chi connectivity index (χ4v) is 3.12. The molecule has 1 aromatic heterocycles. The molecule has 0 bridgehead atoms. The van der Waals surface area contributed by atoms with E-state index in [1.165, 1.54) is 24.7 Å². The van der Waals surface area contributed by atoms with E-state index in [0.29, 0.717) is 24.7 Å². The van der Waals surface area contributed by atoms with Crippen LogP contribution in [0.15, 0.2) is 36.8 Å². The summed E-state index contributed by atoms with van der Waals surface area (Å²) in [5.41, 5.74) is 1.59. The zero-order valence-corrected chi connectivity index (χ0v) is 13.0. The summed E-state index contributed by atoms with van der Waals surface area (Å²) in [6, 6.07) is 6.58. The van der Waals surface area contributed by atoms with Gasteiger partial charge in [0.15, 0.2) is 0 Å². The Balaban J connectivity index is 1.64. The number of hydrogen-bond donors (Lipinski definition) is 1. The van der Waals surface area contributed by atoms with E-state index < -0.39 is 0 Å².